The zero-order valence-electron chi connectivity index (χ0n) is 12.8. The molecule has 0 unspecified atom stereocenters. The third-order valence-corrected chi connectivity index (χ3v) is 3.93. The number of aryl methyl sites for hydroxylation is 1. The quantitative estimate of drug-likeness (QED) is 0.579. The minimum absolute atomic E-state index is 0.802. The van der Waals surface area contributed by atoms with Gasteiger partial charge in [0.05, 0.1) is 11.8 Å². The Balaban J connectivity index is 1.72. The lowest BCUT2D eigenvalue weighted by Gasteiger charge is -2.10. The summed E-state index contributed by atoms with van der Waals surface area (Å²) in [6, 6.07) is 14.8. The van der Waals surface area contributed by atoms with Gasteiger partial charge in [-0.25, -0.2) is 15.0 Å². The van der Waals surface area contributed by atoms with E-state index in [1.807, 2.05) is 30.2 Å². The van der Waals surface area contributed by atoms with Crippen molar-refractivity contribution in [2.75, 3.05) is 0 Å². The van der Waals surface area contributed by atoms with Gasteiger partial charge in [0.15, 0.2) is 0 Å². The SMILES string of the molecule is Cc1ncc2cc(Cc3ccccc3-n3ccnc3)ccc2n1. The van der Waals surface area contributed by atoms with E-state index in [2.05, 4.69) is 57.4 Å². The molecule has 4 nitrogen and oxygen atoms in total. The summed E-state index contributed by atoms with van der Waals surface area (Å²) in [6.07, 6.45) is 8.35. The van der Waals surface area contributed by atoms with Crippen LogP contribution in [0.2, 0.25) is 0 Å². The predicted octanol–water partition coefficient (Wildman–Crippen LogP) is 3.71. The average molecular weight is 300 g/mol. The molecule has 0 radical (unpaired) electrons. The highest BCUT2D eigenvalue weighted by atomic mass is 15.0. The van der Waals surface area contributed by atoms with Gasteiger partial charge in [0.25, 0.3) is 0 Å². The Morgan fingerprint density at radius 2 is 2.00 bits per heavy atom. The van der Waals surface area contributed by atoms with Gasteiger partial charge in [-0.15, -0.1) is 0 Å². The third-order valence-electron chi connectivity index (χ3n) is 3.93. The first kappa shape index (κ1) is 13.6. The van der Waals surface area contributed by atoms with E-state index < -0.39 is 0 Å². The topological polar surface area (TPSA) is 43.6 Å². The van der Waals surface area contributed by atoms with Crippen molar-refractivity contribution in [3.63, 3.8) is 0 Å². The fraction of sp³-hybridized carbons (Fsp3) is 0.105. The molecular formula is C19H16N4. The lowest BCUT2D eigenvalue weighted by Crippen LogP contribution is -1.98. The van der Waals surface area contributed by atoms with E-state index in [0.29, 0.717) is 0 Å². The molecule has 0 aliphatic carbocycles. The first-order valence-corrected chi connectivity index (χ1v) is 7.58. The largest absolute Gasteiger partial charge is 0.306 e. The molecule has 0 saturated heterocycles. The van der Waals surface area contributed by atoms with E-state index in [0.717, 1.165) is 28.8 Å². The van der Waals surface area contributed by atoms with E-state index in [1.54, 1.807) is 6.20 Å². The van der Waals surface area contributed by atoms with E-state index in [4.69, 9.17) is 0 Å². The average Bonchev–Trinajstić information content (AvgIpc) is 3.10. The molecule has 0 atom stereocenters. The smallest absolute Gasteiger partial charge is 0.125 e. The number of nitrogens with zero attached hydrogens (tertiary/aromatic N) is 4. The van der Waals surface area contributed by atoms with Gasteiger partial charge in [-0.3, -0.25) is 0 Å². The van der Waals surface area contributed by atoms with Gasteiger partial charge in [-0.1, -0.05) is 24.3 Å². The maximum absolute atomic E-state index is 4.46. The molecule has 0 amide bonds. The highest BCUT2D eigenvalue weighted by Crippen LogP contribution is 2.20. The van der Waals surface area contributed by atoms with Crippen LogP contribution in [0.5, 0.6) is 0 Å². The molecule has 2 heterocycles. The molecule has 2 aromatic carbocycles. The number of benzene rings is 2. The molecule has 0 saturated carbocycles. The van der Waals surface area contributed by atoms with Crippen molar-refractivity contribution < 1.29 is 0 Å². The van der Waals surface area contributed by atoms with E-state index in [1.165, 1.54) is 11.1 Å². The van der Waals surface area contributed by atoms with Crippen LogP contribution in [0.15, 0.2) is 67.4 Å². The van der Waals surface area contributed by atoms with E-state index in [9.17, 15) is 0 Å². The lowest BCUT2D eigenvalue weighted by molar-refractivity contribution is 1.02. The van der Waals surface area contributed by atoms with Crippen molar-refractivity contribution in [1.29, 1.82) is 0 Å². The normalized spacial score (nSPS) is 11.0. The second-order valence-corrected chi connectivity index (χ2v) is 5.59. The number of aromatic nitrogens is 4. The molecule has 112 valence electrons. The van der Waals surface area contributed by atoms with Gasteiger partial charge in [0.1, 0.15) is 5.82 Å². The molecule has 0 bridgehead atoms. The second kappa shape index (κ2) is 5.65. The minimum atomic E-state index is 0.802. The van der Waals surface area contributed by atoms with Crippen molar-refractivity contribution in [3.8, 4) is 5.69 Å². The Bertz CT molecular complexity index is 958. The minimum Gasteiger partial charge on any atom is -0.306 e. The molecule has 4 aromatic rings. The van der Waals surface area contributed by atoms with Crippen LogP contribution in [0, 0.1) is 6.92 Å². The molecular weight excluding hydrogens is 284 g/mol. The molecule has 0 fully saturated rings. The van der Waals surface area contributed by atoms with Crippen molar-refractivity contribution in [2.24, 2.45) is 0 Å². The number of hydrogen-bond donors (Lipinski definition) is 0. The molecule has 0 N–H and O–H groups in total. The summed E-state index contributed by atoms with van der Waals surface area (Å²) in [4.78, 5) is 12.9. The summed E-state index contributed by atoms with van der Waals surface area (Å²) in [6.45, 7) is 1.91. The number of imidazole rings is 1. The van der Waals surface area contributed by atoms with Gasteiger partial charge in [0, 0.05) is 29.7 Å². The number of hydrogen-bond acceptors (Lipinski definition) is 3. The summed E-state index contributed by atoms with van der Waals surface area (Å²) in [5, 5.41) is 1.08. The van der Waals surface area contributed by atoms with Crippen LogP contribution >= 0.6 is 0 Å². The third kappa shape index (κ3) is 2.71. The first-order valence-electron chi connectivity index (χ1n) is 7.58. The highest BCUT2D eigenvalue weighted by Gasteiger charge is 2.06. The van der Waals surface area contributed by atoms with Crippen molar-refractivity contribution in [1.82, 2.24) is 19.5 Å². The van der Waals surface area contributed by atoms with Gasteiger partial charge < -0.3 is 4.57 Å². The van der Waals surface area contributed by atoms with Crippen LogP contribution in [0.1, 0.15) is 17.0 Å². The Labute approximate surface area is 134 Å². The van der Waals surface area contributed by atoms with Crippen molar-refractivity contribution >= 4 is 10.9 Å². The van der Waals surface area contributed by atoms with Crippen LogP contribution in [0.3, 0.4) is 0 Å². The van der Waals surface area contributed by atoms with Gasteiger partial charge in [-0.2, -0.15) is 0 Å². The van der Waals surface area contributed by atoms with Crippen LogP contribution in [0.4, 0.5) is 0 Å². The van der Waals surface area contributed by atoms with Gasteiger partial charge in [0.2, 0.25) is 0 Å². The molecule has 4 rings (SSSR count). The van der Waals surface area contributed by atoms with Crippen LogP contribution < -0.4 is 0 Å². The van der Waals surface area contributed by atoms with E-state index in [-0.39, 0.29) is 0 Å². The van der Waals surface area contributed by atoms with Gasteiger partial charge >= 0.3 is 0 Å². The molecule has 0 aliphatic rings. The molecule has 23 heavy (non-hydrogen) atoms. The zero-order chi connectivity index (χ0) is 15.6. The van der Waals surface area contributed by atoms with Gasteiger partial charge in [-0.05, 0) is 42.7 Å². The van der Waals surface area contributed by atoms with E-state index >= 15 is 0 Å². The maximum atomic E-state index is 4.46. The van der Waals surface area contributed by atoms with Crippen molar-refractivity contribution in [2.45, 2.75) is 13.3 Å². The fourth-order valence-electron chi connectivity index (χ4n) is 2.82. The number of para-hydroxylation sites is 1. The Hall–Kier alpha value is -3.01. The molecule has 0 aliphatic heterocycles. The predicted molar refractivity (Wildman–Crippen MR) is 90.6 cm³/mol. The first-order chi connectivity index (χ1) is 11.3. The molecule has 4 heteroatoms. The Kier molecular flexibility index (Phi) is 3.35. The van der Waals surface area contributed by atoms with Crippen molar-refractivity contribution in [3.05, 3.63) is 84.3 Å². The van der Waals surface area contributed by atoms with Crippen LogP contribution in [-0.4, -0.2) is 19.5 Å². The maximum Gasteiger partial charge on any atom is 0.125 e. The standard InChI is InChI=1S/C19H16N4/c1-14-21-12-17-11-15(6-7-18(17)22-14)10-16-4-2-3-5-19(16)23-9-8-20-13-23/h2-9,11-13H,10H2,1H3. The van der Waals surface area contributed by atoms with Crippen LogP contribution in [-0.2, 0) is 6.42 Å². The summed E-state index contributed by atoms with van der Waals surface area (Å²) in [5.41, 5.74) is 4.66. The lowest BCUT2D eigenvalue weighted by atomic mass is 10.0. The zero-order valence-corrected chi connectivity index (χ0v) is 12.8. The monoisotopic (exact) mass is 300 g/mol. The summed E-state index contributed by atoms with van der Waals surface area (Å²) in [5.74, 6) is 0.802. The second-order valence-electron chi connectivity index (χ2n) is 5.59. The fourth-order valence-corrected chi connectivity index (χ4v) is 2.82. The summed E-state index contributed by atoms with van der Waals surface area (Å²) >= 11 is 0. The highest BCUT2D eigenvalue weighted by molar-refractivity contribution is 5.78. The molecule has 0 spiro atoms. The Morgan fingerprint density at radius 1 is 1.09 bits per heavy atom. The van der Waals surface area contributed by atoms with Crippen LogP contribution in [0.25, 0.3) is 16.6 Å². The number of rotatable bonds is 3. The number of fused-ring (bicyclic) bond motifs is 1. The summed E-state index contributed by atoms with van der Waals surface area (Å²) < 4.78 is 2.04. The summed E-state index contributed by atoms with van der Waals surface area (Å²) in [7, 11) is 0. The molecule has 2 aromatic heterocycles. The Morgan fingerprint density at radius 3 is 2.87 bits per heavy atom.